The lowest BCUT2D eigenvalue weighted by Crippen LogP contribution is -2.34. The third-order valence-electron chi connectivity index (χ3n) is 16.2. The van der Waals surface area contributed by atoms with Crippen molar-refractivity contribution < 1.29 is 0 Å². The first kappa shape index (κ1) is 42.2. The van der Waals surface area contributed by atoms with E-state index in [4.69, 9.17) is 0 Å². The molecule has 0 unspecified atom stereocenters. The van der Waals surface area contributed by atoms with Crippen molar-refractivity contribution in [3.8, 4) is 33.4 Å². The first-order valence-electron chi connectivity index (χ1n) is 24.4. The van der Waals surface area contributed by atoms with E-state index < -0.39 is 5.41 Å². The first-order valence-corrected chi connectivity index (χ1v) is 24.4. The van der Waals surface area contributed by atoms with Crippen LogP contribution in [0.4, 0.5) is 17.1 Å². The lowest BCUT2D eigenvalue weighted by molar-refractivity contribution is 0.333. The van der Waals surface area contributed by atoms with E-state index in [-0.39, 0.29) is 21.7 Å². The van der Waals surface area contributed by atoms with Gasteiger partial charge in [-0.2, -0.15) is 0 Å². The lowest BCUT2D eigenvalue weighted by atomic mass is 9.61. The lowest BCUT2D eigenvalue weighted by Gasteiger charge is -2.43. The summed E-state index contributed by atoms with van der Waals surface area (Å²) in [5.41, 5.74) is 22.0. The molecule has 0 saturated heterocycles. The molecule has 8 aromatic carbocycles. The van der Waals surface area contributed by atoms with Gasteiger partial charge in [-0.3, -0.25) is 0 Å². The highest BCUT2D eigenvalue weighted by molar-refractivity contribution is 5.98. The molecule has 3 aliphatic rings. The van der Waals surface area contributed by atoms with Crippen molar-refractivity contribution in [2.75, 3.05) is 4.90 Å². The molecular weight excluding hydrogens is 795 g/mol. The zero-order chi connectivity index (χ0) is 45.6. The summed E-state index contributed by atoms with van der Waals surface area (Å²) in [5, 5.41) is 0. The van der Waals surface area contributed by atoms with Gasteiger partial charge < -0.3 is 4.90 Å². The molecule has 0 heterocycles. The van der Waals surface area contributed by atoms with Crippen LogP contribution in [0.1, 0.15) is 126 Å². The van der Waals surface area contributed by atoms with Gasteiger partial charge in [-0.25, -0.2) is 0 Å². The van der Waals surface area contributed by atoms with Gasteiger partial charge in [0.2, 0.25) is 0 Å². The number of hydrogen-bond donors (Lipinski definition) is 0. The molecule has 0 atom stereocenters. The van der Waals surface area contributed by atoms with Gasteiger partial charge in [-0.05, 0) is 156 Å². The molecule has 3 aliphatic carbocycles. The normalized spacial score (nSPS) is 17.8. The smallest absolute Gasteiger partial charge is 0.0714 e. The molecule has 0 spiro atoms. The molecule has 328 valence electrons. The van der Waals surface area contributed by atoms with Crippen molar-refractivity contribution in [3.63, 3.8) is 0 Å². The standard InChI is InChI=1S/C65H63N/c1-61(2)37-39-63(5,6)59-49(32-21-35-55(59)61)44-23-20-30-48(41-44)66(47-28-16-11-17-29-47)58-43-57-52(42-53(58)51-33-22-36-56-60(51)64(7,8)40-38-62(56,3)4)50-31-18-19-34-54(50)65(57,45-24-12-9-13-25-45)46-26-14-10-15-27-46/h9-36,41-43H,37-40H2,1-8H3. The van der Waals surface area contributed by atoms with Crippen molar-refractivity contribution in [1.29, 1.82) is 0 Å². The molecule has 0 bridgehead atoms. The summed E-state index contributed by atoms with van der Waals surface area (Å²) < 4.78 is 0. The Morgan fingerprint density at radius 1 is 0.318 bits per heavy atom. The maximum Gasteiger partial charge on any atom is 0.0714 e. The van der Waals surface area contributed by atoms with Gasteiger partial charge in [0.1, 0.15) is 0 Å². The predicted octanol–water partition coefficient (Wildman–Crippen LogP) is 17.6. The highest BCUT2D eigenvalue weighted by atomic mass is 15.1. The van der Waals surface area contributed by atoms with E-state index in [1.807, 2.05) is 0 Å². The van der Waals surface area contributed by atoms with E-state index in [1.165, 1.54) is 96.4 Å². The number of fused-ring (bicyclic) bond motifs is 5. The monoisotopic (exact) mass is 857 g/mol. The Balaban J connectivity index is 1.26. The number of benzene rings is 8. The second kappa shape index (κ2) is 15.3. The fourth-order valence-electron chi connectivity index (χ4n) is 12.6. The molecule has 11 rings (SSSR count). The molecule has 0 fully saturated rings. The van der Waals surface area contributed by atoms with E-state index in [2.05, 4.69) is 248 Å². The van der Waals surface area contributed by atoms with Crippen LogP contribution in [0.15, 0.2) is 188 Å². The maximum absolute atomic E-state index is 2.60. The Labute approximate surface area is 394 Å². The third kappa shape index (κ3) is 6.48. The zero-order valence-corrected chi connectivity index (χ0v) is 40.2. The van der Waals surface area contributed by atoms with Gasteiger partial charge in [0.05, 0.1) is 11.1 Å². The van der Waals surface area contributed by atoms with E-state index >= 15 is 0 Å². The molecule has 0 saturated carbocycles. The highest BCUT2D eigenvalue weighted by Gasteiger charge is 2.48. The Kier molecular flexibility index (Phi) is 9.79. The summed E-state index contributed by atoms with van der Waals surface area (Å²) in [5.74, 6) is 0. The predicted molar refractivity (Wildman–Crippen MR) is 280 cm³/mol. The Bertz CT molecular complexity index is 3090. The first-order chi connectivity index (χ1) is 31.7. The Hall–Kier alpha value is -6.44. The van der Waals surface area contributed by atoms with Crippen LogP contribution in [0, 0.1) is 0 Å². The Morgan fingerprint density at radius 2 is 0.773 bits per heavy atom. The number of hydrogen-bond acceptors (Lipinski definition) is 1. The van der Waals surface area contributed by atoms with Gasteiger partial charge in [0.25, 0.3) is 0 Å². The summed E-state index contributed by atoms with van der Waals surface area (Å²) >= 11 is 0. The average Bonchev–Trinajstić information content (AvgIpc) is 3.62. The largest absolute Gasteiger partial charge is 0.310 e. The van der Waals surface area contributed by atoms with Crippen LogP contribution in [-0.2, 0) is 27.1 Å². The van der Waals surface area contributed by atoms with Crippen molar-refractivity contribution in [1.82, 2.24) is 0 Å². The van der Waals surface area contributed by atoms with Crippen LogP contribution in [-0.4, -0.2) is 0 Å². The number of rotatable bonds is 7. The summed E-state index contributed by atoms with van der Waals surface area (Å²) in [7, 11) is 0. The second-order valence-electron chi connectivity index (χ2n) is 22.2. The molecule has 66 heavy (non-hydrogen) atoms. The summed E-state index contributed by atoms with van der Waals surface area (Å²) in [6.45, 7) is 19.6. The van der Waals surface area contributed by atoms with Crippen LogP contribution in [0.25, 0.3) is 33.4 Å². The number of nitrogens with zero attached hydrogens (tertiary/aromatic N) is 1. The van der Waals surface area contributed by atoms with Crippen LogP contribution in [0.2, 0.25) is 0 Å². The molecule has 8 aromatic rings. The molecule has 0 aromatic heterocycles. The number of anilines is 3. The SMILES string of the molecule is CC1(C)CCC(C)(C)c2c(-c3cccc(N(c4ccccc4)c4cc5c(cc4-c4cccc6c4C(C)(C)CCC6(C)C)-c4ccccc4C5(c4ccccc4)c4ccccc4)c3)cccc21. The Morgan fingerprint density at radius 3 is 1.38 bits per heavy atom. The average molecular weight is 858 g/mol. The summed E-state index contributed by atoms with van der Waals surface area (Å²) in [6.07, 6.45) is 4.66. The van der Waals surface area contributed by atoms with Crippen molar-refractivity contribution in [3.05, 3.63) is 233 Å². The molecule has 0 N–H and O–H groups in total. The summed E-state index contributed by atoms with van der Waals surface area (Å²) in [4.78, 5) is 2.58. The van der Waals surface area contributed by atoms with E-state index in [0.29, 0.717) is 0 Å². The van der Waals surface area contributed by atoms with Crippen LogP contribution in [0.5, 0.6) is 0 Å². The van der Waals surface area contributed by atoms with E-state index in [9.17, 15) is 0 Å². The van der Waals surface area contributed by atoms with Crippen molar-refractivity contribution >= 4 is 17.1 Å². The topological polar surface area (TPSA) is 3.24 Å². The second-order valence-corrected chi connectivity index (χ2v) is 22.2. The molecule has 0 aliphatic heterocycles. The molecule has 0 radical (unpaired) electrons. The van der Waals surface area contributed by atoms with Crippen LogP contribution in [0.3, 0.4) is 0 Å². The maximum atomic E-state index is 2.60. The van der Waals surface area contributed by atoms with Crippen molar-refractivity contribution in [2.24, 2.45) is 0 Å². The third-order valence-corrected chi connectivity index (χ3v) is 16.2. The van der Waals surface area contributed by atoms with Crippen LogP contribution >= 0.6 is 0 Å². The fourth-order valence-corrected chi connectivity index (χ4v) is 12.6. The fraction of sp³-hybridized carbons (Fsp3) is 0.262. The van der Waals surface area contributed by atoms with Gasteiger partial charge in [0.15, 0.2) is 0 Å². The molecule has 0 amide bonds. The molecule has 1 nitrogen and oxygen atoms in total. The van der Waals surface area contributed by atoms with Gasteiger partial charge >= 0.3 is 0 Å². The summed E-state index contributed by atoms with van der Waals surface area (Å²) in [6, 6.07) is 71.7. The minimum absolute atomic E-state index is 0.0159. The van der Waals surface area contributed by atoms with Gasteiger partial charge in [0, 0.05) is 16.9 Å². The van der Waals surface area contributed by atoms with Crippen LogP contribution < -0.4 is 4.90 Å². The van der Waals surface area contributed by atoms with Gasteiger partial charge in [-0.15, -0.1) is 0 Å². The minimum Gasteiger partial charge on any atom is -0.310 e. The quantitative estimate of drug-likeness (QED) is 0.154. The highest BCUT2D eigenvalue weighted by Crippen LogP contribution is 2.60. The zero-order valence-electron chi connectivity index (χ0n) is 40.2. The van der Waals surface area contributed by atoms with E-state index in [1.54, 1.807) is 0 Å². The van der Waals surface area contributed by atoms with Gasteiger partial charge in [-0.1, -0.05) is 207 Å². The minimum atomic E-state index is -0.551. The number of para-hydroxylation sites is 1. The molecule has 1 heteroatoms. The van der Waals surface area contributed by atoms with Crippen molar-refractivity contribution in [2.45, 2.75) is 108 Å². The van der Waals surface area contributed by atoms with E-state index in [0.717, 1.165) is 24.2 Å². The molecular formula is C65H63N.